The van der Waals surface area contributed by atoms with Crippen LogP contribution in [-0.2, 0) is 5.41 Å². The van der Waals surface area contributed by atoms with Gasteiger partial charge in [0, 0.05) is 16.2 Å². The maximum absolute atomic E-state index is 4.29. The van der Waals surface area contributed by atoms with Crippen molar-refractivity contribution in [2.45, 2.75) is 71.6 Å². The highest BCUT2D eigenvalue weighted by Gasteiger charge is 2.53. The van der Waals surface area contributed by atoms with Crippen molar-refractivity contribution in [2.75, 3.05) is 0 Å². The first kappa shape index (κ1) is 21.4. The van der Waals surface area contributed by atoms with Crippen LogP contribution < -0.4 is 0 Å². The molecule has 0 saturated heterocycles. The fourth-order valence-electron chi connectivity index (χ4n) is 4.78. The second-order valence-corrected chi connectivity index (χ2v) is 9.64. The molecule has 0 aliphatic heterocycles. The van der Waals surface area contributed by atoms with Gasteiger partial charge >= 0.3 is 0 Å². The fraction of sp³-hybridized carbons (Fsp3) is 0.500. The quantitative estimate of drug-likeness (QED) is 0.284. The van der Waals surface area contributed by atoms with Crippen LogP contribution in [0.4, 0.5) is 0 Å². The Balaban J connectivity index is 2.83. The molecular weight excluding hydrogens is 400 g/mol. The van der Waals surface area contributed by atoms with Gasteiger partial charge in [0.1, 0.15) is 0 Å². The summed E-state index contributed by atoms with van der Waals surface area (Å²) in [4.78, 5) is 1.53. The molecule has 26 heavy (non-hydrogen) atoms. The molecule has 0 fully saturated rings. The van der Waals surface area contributed by atoms with E-state index in [2.05, 4.69) is 93.6 Å². The van der Waals surface area contributed by atoms with Crippen molar-refractivity contribution in [1.29, 1.82) is 0 Å². The van der Waals surface area contributed by atoms with E-state index in [1.165, 1.54) is 32.6 Å². The van der Waals surface area contributed by atoms with Gasteiger partial charge in [0.15, 0.2) is 0 Å². The molecule has 1 heterocycles. The van der Waals surface area contributed by atoms with Gasteiger partial charge in [0.2, 0.25) is 0 Å². The van der Waals surface area contributed by atoms with E-state index in [1.54, 1.807) is 5.57 Å². The maximum atomic E-state index is 4.29. The normalized spacial score (nSPS) is 26.5. The molecule has 2 rings (SSSR count). The third-order valence-electron chi connectivity index (χ3n) is 5.89. The number of fused-ring (bicyclic) bond motifs is 1. The fourth-order valence-corrected chi connectivity index (χ4v) is 6.58. The summed E-state index contributed by atoms with van der Waals surface area (Å²) in [5, 5.41) is 0. The van der Waals surface area contributed by atoms with Gasteiger partial charge in [0.25, 0.3) is 0 Å². The minimum Gasteiger partial charge on any atom is -0.133 e. The number of allylic oxidation sites excluding steroid dienone is 7. The van der Waals surface area contributed by atoms with Gasteiger partial charge in [-0.25, -0.2) is 0 Å². The summed E-state index contributed by atoms with van der Waals surface area (Å²) in [5.41, 5.74) is 4.55. The lowest BCUT2D eigenvalue weighted by Gasteiger charge is -2.41. The first-order chi connectivity index (χ1) is 12.5. The zero-order valence-electron chi connectivity index (χ0n) is 16.9. The lowest BCUT2D eigenvalue weighted by atomic mass is 9.61. The average Bonchev–Trinajstić information content (AvgIpc) is 3.12. The van der Waals surface area contributed by atoms with Crippen LogP contribution >= 0.6 is 27.3 Å². The standard InChI is InChI=1S/C24H33BrS/c1-7-12-14-18(9-3)24(19(10-4)15-13-8-2)20(11-5)17(6)23-21(24)16-22(25)26-23/h7,10-12,14,16-17,20H,5,8-9,13,15H2,1-4,6H3/b12-7+,18-14+,19-10+. The molecule has 0 spiro atoms. The molecule has 0 aromatic carbocycles. The Morgan fingerprint density at radius 1 is 1.31 bits per heavy atom. The summed E-state index contributed by atoms with van der Waals surface area (Å²) < 4.78 is 1.24. The highest BCUT2D eigenvalue weighted by Crippen LogP contribution is 2.62. The molecule has 0 saturated carbocycles. The number of hydrogen-bond acceptors (Lipinski definition) is 1. The van der Waals surface area contributed by atoms with Crippen molar-refractivity contribution in [3.8, 4) is 0 Å². The van der Waals surface area contributed by atoms with E-state index in [0.717, 1.165) is 12.8 Å². The molecule has 0 bridgehead atoms. The minimum absolute atomic E-state index is 0.0444. The smallest absolute Gasteiger partial charge is 0.0704 e. The van der Waals surface area contributed by atoms with Crippen LogP contribution in [0.3, 0.4) is 0 Å². The summed E-state index contributed by atoms with van der Waals surface area (Å²) in [5.74, 6) is 0.910. The van der Waals surface area contributed by atoms with Crippen molar-refractivity contribution in [3.63, 3.8) is 0 Å². The Kier molecular flexibility index (Phi) is 7.73. The SMILES string of the molecule is C=CC1C(C)c2sc(Br)cc2C1(/C(=C/C=C/C)CC)/C(=C/C)CCCC. The van der Waals surface area contributed by atoms with Crippen LogP contribution in [0.25, 0.3) is 0 Å². The van der Waals surface area contributed by atoms with Gasteiger partial charge in [-0.2, -0.15) is 0 Å². The predicted octanol–water partition coefficient (Wildman–Crippen LogP) is 8.72. The first-order valence-corrected chi connectivity index (χ1v) is 11.5. The molecule has 142 valence electrons. The van der Waals surface area contributed by atoms with Crippen molar-refractivity contribution >= 4 is 27.3 Å². The van der Waals surface area contributed by atoms with E-state index in [1.807, 2.05) is 11.3 Å². The topological polar surface area (TPSA) is 0 Å². The maximum Gasteiger partial charge on any atom is 0.0704 e. The van der Waals surface area contributed by atoms with Crippen molar-refractivity contribution in [3.05, 3.63) is 68.4 Å². The van der Waals surface area contributed by atoms with Gasteiger partial charge in [-0.1, -0.05) is 68.7 Å². The van der Waals surface area contributed by atoms with Crippen LogP contribution in [0, 0.1) is 5.92 Å². The zero-order chi connectivity index (χ0) is 19.3. The van der Waals surface area contributed by atoms with E-state index >= 15 is 0 Å². The van der Waals surface area contributed by atoms with Crippen LogP contribution in [0.5, 0.6) is 0 Å². The third kappa shape index (κ3) is 3.47. The Morgan fingerprint density at radius 2 is 2.04 bits per heavy atom. The molecule has 0 amide bonds. The van der Waals surface area contributed by atoms with E-state index in [-0.39, 0.29) is 5.41 Å². The Hall–Kier alpha value is -0.860. The van der Waals surface area contributed by atoms with Crippen LogP contribution in [0.2, 0.25) is 0 Å². The van der Waals surface area contributed by atoms with Gasteiger partial charge in [-0.3, -0.25) is 0 Å². The average molecular weight is 433 g/mol. The monoisotopic (exact) mass is 432 g/mol. The summed E-state index contributed by atoms with van der Waals surface area (Å²) in [6.45, 7) is 15.6. The van der Waals surface area contributed by atoms with E-state index in [9.17, 15) is 0 Å². The highest BCUT2D eigenvalue weighted by atomic mass is 79.9. The van der Waals surface area contributed by atoms with Crippen LogP contribution in [0.1, 0.15) is 76.7 Å². The minimum atomic E-state index is -0.0444. The summed E-state index contributed by atoms with van der Waals surface area (Å²) in [6, 6.07) is 2.38. The largest absolute Gasteiger partial charge is 0.133 e. The van der Waals surface area contributed by atoms with E-state index in [0.29, 0.717) is 11.8 Å². The second-order valence-electron chi connectivity index (χ2n) is 7.18. The Bertz CT molecular complexity index is 719. The summed E-state index contributed by atoms with van der Waals surface area (Å²) >= 11 is 5.67. The van der Waals surface area contributed by atoms with Gasteiger partial charge in [0.05, 0.1) is 3.79 Å². The molecule has 1 aromatic rings. The first-order valence-electron chi connectivity index (χ1n) is 9.92. The van der Waals surface area contributed by atoms with Crippen molar-refractivity contribution in [2.24, 2.45) is 5.92 Å². The molecule has 0 radical (unpaired) electrons. The molecule has 1 aliphatic carbocycles. The predicted molar refractivity (Wildman–Crippen MR) is 122 cm³/mol. The Morgan fingerprint density at radius 3 is 2.58 bits per heavy atom. The van der Waals surface area contributed by atoms with Crippen LogP contribution in [-0.4, -0.2) is 0 Å². The molecular formula is C24H33BrS. The molecule has 2 heteroatoms. The molecule has 0 nitrogen and oxygen atoms in total. The van der Waals surface area contributed by atoms with E-state index < -0.39 is 0 Å². The molecule has 3 unspecified atom stereocenters. The lowest BCUT2D eigenvalue weighted by Crippen LogP contribution is -2.36. The third-order valence-corrected chi connectivity index (χ3v) is 7.73. The molecule has 1 aromatic heterocycles. The number of rotatable bonds is 8. The van der Waals surface area contributed by atoms with Crippen LogP contribution in [0.15, 0.2) is 58.0 Å². The number of hydrogen-bond donors (Lipinski definition) is 0. The zero-order valence-corrected chi connectivity index (χ0v) is 19.3. The highest BCUT2D eigenvalue weighted by molar-refractivity contribution is 9.11. The Labute approximate surface area is 172 Å². The van der Waals surface area contributed by atoms with Gasteiger partial charge in [-0.15, -0.1) is 17.9 Å². The van der Waals surface area contributed by atoms with E-state index in [4.69, 9.17) is 0 Å². The van der Waals surface area contributed by atoms with Gasteiger partial charge in [-0.05, 0) is 66.6 Å². The second kappa shape index (κ2) is 9.37. The summed E-state index contributed by atoms with van der Waals surface area (Å²) in [7, 11) is 0. The number of halogens is 1. The number of unbranched alkanes of at least 4 members (excludes halogenated alkanes) is 1. The number of thiophene rings is 1. The molecule has 1 aliphatic rings. The van der Waals surface area contributed by atoms with Crippen molar-refractivity contribution in [1.82, 2.24) is 0 Å². The molecule has 0 N–H and O–H groups in total. The summed E-state index contributed by atoms with van der Waals surface area (Å²) in [6.07, 6.45) is 16.0. The van der Waals surface area contributed by atoms with Crippen molar-refractivity contribution < 1.29 is 0 Å². The molecule has 3 atom stereocenters. The lowest BCUT2D eigenvalue weighted by molar-refractivity contribution is 0.405. The van der Waals surface area contributed by atoms with Gasteiger partial charge < -0.3 is 0 Å².